The van der Waals surface area contributed by atoms with E-state index in [9.17, 15) is 19.7 Å². The first-order chi connectivity index (χ1) is 18.9. The zero-order valence-electron chi connectivity index (χ0n) is 21.0. The molecule has 0 radical (unpaired) electrons. The van der Waals surface area contributed by atoms with Gasteiger partial charge in [-0.1, -0.05) is 35.6 Å². The summed E-state index contributed by atoms with van der Waals surface area (Å²) >= 11 is 2.70. The number of carbonyl (C=O) groups is 1. The fourth-order valence-electron chi connectivity index (χ4n) is 4.25. The second-order valence-electron chi connectivity index (χ2n) is 8.57. The molecule has 3 heterocycles. The highest BCUT2D eigenvalue weighted by Gasteiger charge is 2.33. The summed E-state index contributed by atoms with van der Waals surface area (Å²) in [4.78, 5) is 43.1. The number of thiazole rings is 1. The Kier molecular flexibility index (Phi) is 7.53. The second kappa shape index (κ2) is 11.2. The number of hydrogen-bond acceptors (Lipinski definition) is 9. The van der Waals surface area contributed by atoms with Gasteiger partial charge in [-0.3, -0.25) is 19.5 Å². The molecule has 9 nitrogen and oxygen atoms in total. The van der Waals surface area contributed by atoms with Crippen LogP contribution < -0.4 is 19.6 Å². The molecule has 2 aromatic heterocycles. The predicted octanol–water partition coefficient (Wildman–Crippen LogP) is 4.35. The topological polar surface area (TPSA) is 113 Å². The zero-order chi connectivity index (χ0) is 27.5. The van der Waals surface area contributed by atoms with Gasteiger partial charge in [0, 0.05) is 22.6 Å². The molecule has 0 saturated carbocycles. The summed E-state index contributed by atoms with van der Waals surface area (Å²) in [5, 5.41) is 12.8. The highest BCUT2D eigenvalue weighted by atomic mass is 32.1. The van der Waals surface area contributed by atoms with Crippen LogP contribution in [0.5, 0.6) is 5.75 Å². The van der Waals surface area contributed by atoms with Crippen LogP contribution in [-0.2, 0) is 16.1 Å². The van der Waals surface area contributed by atoms with Crippen LogP contribution in [0.4, 0.5) is 5.69 Å². The Balaban J connectivity index is 1.53. The van der Waals surface area contributed by atoms with Gasteiger partial charge in [0.1, 0.15) is 18.4 Å². The molecule has 1 atom stereocenters. The number of non-ortho nitro benzene ring substituents is 1. The SMILES string of the molecule is CCOC(=O)C1=C(C)N=c2s/c(=C/c3ccccc3OCc3ccc([N+](=O)[O-])cc3)c(=O)n2[C@@H]1c1cccs1. The average molecular weight is 562 g/mol. The maximum Gasteiger partial charge on any atom is 0.338 e. The number of hydrogen-bond donors (Lipinski definition) is 0. The lowest BCUT2D eigenvalue weighted by Gasteiger charge is -2.23. The third-order valence-electron chi connectivity index (χ3n) is 6.08. The van der Waals surface area contributed by atoms with E-state index in [2.05, 4.69) is 4.99 Å². The van der Waals surface area contributed by atoms with Crippen LogP contribution in [-0.4, -0.2) is 22.1 Å². The summed E-state index contributed by atoms with van der Waals surface area (Å²) in [6, 6.07) is 16.6. The number of thiophene rings is 1. The van der Waals surface area contributed by atoms with Crippen molar-refractivity contribution in [1.82, 2.24) is 4.57 Å². The van der Waals surface area contributed by atoms with Crippen molar-refractivity contribution >= 4 is 40.4 Å². The number of ether oxygens (including phenoxy) is 2. The van der Waals surface area contributed by atoms with Crippen molar-refractivity contribution in [2.24, 2.45) is 4.99 Å². The van der Waals surface area contributed by atoms with E-state index in [0.29, 0.717) is 31.9 Å². The molecular weight excluding hydrogens is 538 g/mol. The van der Waals surface area contributed by atoms with Gasteiger partial charge in [-0.05, 0) is 55.1 Å². The van der Waals surface area contributed by atoms with Crippen molar-refractivity contribution in [3.8, 4) is 5.75 Å². The molecule has 1 aliphatic heterocycles. The van der Waals surface area contributed by atoms with E-state index in [1.54, 1.807) is 42.7 Å². The minimum atomic E-state index is -0.629. The smallest absolute Gasteiger partial charge is 0.338 e. The largest absolute Gasteiger partial charge is 0.488 e. The van der Waals surface area contributed by atoms with Crippen molar-refractivity contribution in [3.63, 3.8) is 0 Å². The minimum Gasteiger partial charge on any atom is -0.488 e. The van der Waals surface area contributed by atoms with Crippen LogP contribution in [0.2, 0.25) is 0 Å². The fraction of sp³-hybridized carbons (Fsp3) is 0.179. The number of aromatic nitrogens is 1. The zero-order valence-corrected chi connectivity index (χ0v) is 22.7. The van der Waals surface area contributed by atoms with E-state index in [1.807, 2.05) is 35.7 Å². The molecule has 4 aromatic rings. The van der Waals surface area contributed by atoms with Gasteiger partial charge in [0.2, 0.25) is 0 Å². The highest BCUT2D eigenvalue weighted by molar-refractivity contribution is 7.10. The van der Waals surface area contributed by atoms with Crippen molar-refractivity contribution < 1.29 is 19.2 Å². The quantitative estimate of drug-likeness (QED) is 0.180. The molecule has 0 unspecified atom stereocenters. The molecule has 2 aromatic carbocycles. The lowest BCUT2D eigenvalue weighted by molar-refractivity contribution is -0.384. The number of fused-ring (bicyclic) bond motifs is 1. The van der Waals surface area contributed by atoms with Crippen molar-refractivity contribution in [1.29, 1.82) is 0 Å². The molecule has 0 amide bonds. The summed E-state index contributed by atoms with van der Waals surface area (Å²) < 4.78 is 13.3. The van der Waals surface area contributed by atoms with Crippen LogP contribution in [0.15, 0.2) is 87.1 Å². The number of rotatable bonds is 8. The molecule has 0 spiro atoms. The monoisotopic (exact) mass is 561 g/mol. The number of nitro groups is 1. The Morgan fingerprint density at radius 3 is 2.62 bits per heavy atom. The number of para-hydroxylation sites is 1. The van der Waals surface area contributed by atoms with E-state index in [-0.39, 0.29) is 24.5 Å². The first-order valence-corrected chi connectivity index (χ1v) is 13.7. The van der Waals surface area contributed by atoms with E-state index in [0.717, 1.165) is 10.4 Å². The molecular formula is C28H23N3O6S2. The maximum atomic E-state index is 13.8. The predicted molar refractivity (Wildman–Crippen MR) is 149 cm³/mol. The fourth-order valence-corrected chi connectivity index (χ4v) is 6.12. The highest BCUT2D eigenvalue weighted by Crippen LogP contribution is 2.33. The Morgan fingerprint density at radius 2 is 1.92 bits per heavy atom. The van der Waals surface area contributed by atoms with Crippen LogP contribution in [0.3, 0.4) is 0 Å². The molecule has 39 heavy (non-hydrogen) atoms. The van der Waals surface area contributed by atoms with Crippen LogP contribution >= 0.6 is 22.7 Å². The van der Waals surface area contributed by atoms with Crippen molar-refractivity contribution in [2.75, 3.05) is 6.61 Å². The maximum absolute atomic E-state index is 13.8. The average Bonchev–Trinajstić information content (AvgIpc) is 3.56. The van der Waals surface area contributed by atoms with E-state index in [4.69, 9.17) is 9.47 Å². The summed E-state index contributed by atoms with van der Waals surface area (Å²) in [6.07, 6.45) is 1.75. The van der Waals surface area contributed by atoms with E-state index in [1.165, 1.54) is 34.8 Å². The standard InChI is InChI=1S/C28H23N3O6S2/c1-3-36-27(33)24-17(2)29-28-30(25(24)22-9-6-14-38-22)26(32)23(39-28)15-19-7-4-5-8-21(19)37-16-18-10-12-20(13-11-18)31(34)35/h4-15,25H,3,16H2,1-2H3/b23-15+/t25-/m1/s1. The third-order valence-corrected chi connectivity index (χ3v) is 7.98. The van der Waals surface area contributed by atoms with Gasteiger partial charge in [-0.15, -0.1) is 11.3 Å². The molecule has 1 aliphatic rings. The van der Waals surface area contributed by atoms with Gasteiger partial charge < -0.3 is 9.47 Å². The Hall–Kier alpha value is -4.35. The first-order valence-electron chi connectivity index (χ1n) is 12.1. The molecule has 5 rings (SSSR count). The number of benzene rings is 2. The number of allylic oxidation sites excluding steroid dienone is 1. The van der Waals surface area contributed by atoms with Gasteiger partial charge in [-0.2, -0.15) is 0 Å². The van der Waals surface area contributed by atoms with Crippen molar-refractivity contribution in [3.05, 3.63) is 123 Å². The van der Waals surface area contributed by atoms with Crippen molar-refractivity contribution in [2.45, 2.75) is 26.5 Å². The number of nitro benzene ring substituents is 1. The molecule has 0 fully saturated rings. The van der Waals surface area contributed by atoms with E-state index < -0.39 is 16.9 Å². The summed E-state index contributed by atoms with van der Waals surface area (Å²) in [5.74, 6) is 0.0660. The van der Waals surface area contributed by atoms with Crippen LogP contribution in [0.1, 0.15) is 35.9 Å². The van der Waals surface area contributed by atoms with Crippen LogP contribution in [0, 0.1) is 10.1 Å². The Morgan fingerprint density at radius 1 is 1.15 bits per heavy atom. The summed E-state index contributed by atoms with van der Waals surface area (Å²) in [5.41, 5.74) is 2.08. The lowest BCUT2D eigenvalue weighted by atomic mass is 10.0. The Bertz CT molecular complexity index is 1750. The first kappa shape index (κ1) is 26.3. The van der Waals surface area contributed by atoms with Gasteiger partial charge in [0.15, 0.2) is 4.80 Å². The third kappa shape index (κ3) is 5.31. The van der Waals surface area contributed by atoms with Gasteiger partial charge >= 0.3 is 5.97 Å². The molecule has 0 bridgehead atoms. The molecule has 0 N–H and O–H groups in total. The second-order valence-corrected chi connectivity index (χ2v) is 10.6. The van der Waals surface area contributed by atoms with Gasteiger partial charge in [-0.25, -0.2) is 9.79 Å². The normalized spacial score (nSPS) is 15.0. The number of carbonyl (C=O) groups excluding carboxylic acids is 1. The minimum absolute atomic E-state index is 0.0109. The number of esters is 1. The van der Waals surface area contributed by atoms with E-state index >= 15 is 0 Å². The van der Waals surface area contributed by atoms with Gasteiger partial charge in [0.25, 0.3) is 11.2 Å². The van der Waals surface area contributed by atoms with Gasteiger partial charge in [0.05, 0.1) is 27.3 Å². The summed E-state index contributed by atoms with van der Waals surface area (Å²) in [6.45, 7) is 3.91. The Labute approximate surface area is 230 Å². The summed E-state index contributed by atoms with van der Waals surface area (Å²) in [7, 11) is 0. The number of nitrogens with zero attached hydrogens (tertiary/aromatic N) is 3. The molecule has 0 saturated heterocycles. The molecule has 198 valence electrons. The lowest BCUT2D eigenvalue weighted by Crippen LogP contribution is -2.39. The van der Waals surface area contributed by atoms with Crippen LogP contribution in [0.25, 0.3) is 6.08 Å². The molecule has 0 aliphatic carbocycles. The molecule has 11 heteroatoms.